The lowest BCUT2D eigenvalue weighted by Crippen LogP contribution is -2.47. The van der Waals surface area contributed by atoms with Crippen LogP contribution >= 0.6 is 15.9 Å². The number of carbonyl (C=O) groups excluding carboxylic acids is 11. The van der Waals surface area contributed by atoms with Crippen LogP contribution in [0.25, 0.3) is 0 Å². The van der Waals surface area contributed by atoms with E-state index in [1.165, 1.54) is 4.90 Å². The maximum atomic E-state index is 12.9. The number of rotatable bonds is 11. The molecule has 8 saturated heterocycles. The van der Waals surface area contributed by atoms with E-state index in [2.05, 4.69) is 103 Å². The van der Waals surface area contributed by atoms with Gasteiger partial charge in [-0.1, -0.05) is 51.8 Å². The zero-order chi connectivity index (χ0) is 91.1. The SMILES string of the molecule is C#CCBr.O=C1NC(=O)[C@H]2[C@@H]1[C@H]1C=C[C@@H]2C1.[2H]C([2H])=O.[2H]C1C([2H])[C@@H]2C[C@H]1[C@@H]1C(=O)N(CC#C)C(=O)[C@@H]12.[2H]C1C([2H])[C@@H]2C[C@H]1[C@@H]1C(=O)N(CC#CC([2H])([2H])N3CCN(c4ncccn4)CC3)C(=O)[C@@H]12.[2H]C1C([2H])[C@@H]2C[C@H]1[C@@H]1C(=O)N(CCCC([2H])([2H])N3CCN(c4ncccn4)CC3)C(=O)[C@@H]12.[2H]C1C([2H])[C@@H]2C[C@H]1[C@@H]1C(=O)NC(=O)[C@@H]12.[HH].c1cnc(N2CCNCC2)nc1. The number of alkyl halides is 1. The Morgan fingerprint density at radius 1 is 0.442 bits per heavy atom. The predicted molar refractivity (Wildman–Crippen MR) is 422 cm³/mol. The number of likely N-dealkylation sites (tertiary alicyclic amines) is 3. The minimum absolute atomic E-state index is 0. The number of hydrogen-bond acceptors (Lipinski definition) is 23. The average molecular weight is 1620 g/mol. The van der Waals surface area contributed by atoms with Crippen molar-refractivity contribution in [2.24, 2.45) is 118 Å². The molecule has 113 heavy (non-hydrogen) atoms. The van der Waals surface area contributed by atoms with Gasteiger partial charge >= 0.3 is 0 Å². The summed E-state index contributed by atoms with van der Waals surface area (Å²) in [4.78, 5) is 168. The van der Waals surface area contributed by atoms with Gasteiger partial charge < -0.3 is 24.8 Å². The number of fused-ring (bicyclic) bond motifs is 25. The highest BCUT2D eigenvalue weighted by molar-refractivity contribution is 9.09. The molecule has 8 aliphatic heterocycles. The second-order valence-electron chi connectivity index (χ2n) is 31.1. The standard InChI is InChI=1S/C21H29N5O2.C21H25N5O2.C12H13NO2.C9H11NO2.C9H9NO2.C8H12N4.C3H3Br.CH2O.H2/c2*27-19-17-15-4-5-16(14-15)18(17)20(28)26(19)9-2-1-8-24-10-12-25(13-11-24)21-22-6-3-7-23-21;1-2-5-13-11(14)9-7-3-4-8(6-7)10(9)12(13)15;2*11-8-6-4-1-2-5(3-4)7(6)9(12)10-8;1-2-10-8(11-3-1)12-6-4-9-5-7-12;1-2-3-4;1-2;/h3,6-7,15-18H,1-2,4-5,8-14H2;3,6-7,15-18H,4-5,8-14H2;1,7-10H,3-6H2;4-7H,1-3H2,(H,10,11,12);1-2,4-7H,3H2,(H,10,11,12);1-3,9H,4-7H2;1H,3H2;1H2;1H/t2*15-,16+,17-,18+;7-,8+,9-,10+;2*4-,5+,6-,7+;;;;/i2*4D,5D,8D2;3D,4D;1D,2D;;;;1D2;/t2*4?,5?,15-,16+,17-,18+;3?,4?,7-,8+,9-,10+;1?,2?,4-,5+,6-,7+;;;;;. The first-order valence-electron chi connectivity index (χ1n) is 46.8. The van der Waals surface area contributed by atoms with E-state index < -0.39 is 94.6 Å². The Labute approximate surface area is 690 Å². The molecule has 18 aliphatic rings. The lowest BCUT2D eigenvalue weighted by molar-refractivity contribution is -0.142. The lowest BCUT2D eigenvalue weighted by atomic mass is 9.81. The van der Waals surface area contributed by atoms with E-state index in [4.69, 9.17) is 36.8 Å². The van der Waals surface area contributed by atoms with Crippen LogP contribution in [-0.4, -0.2) is 237 Å². The van der Waals surface area contributed by atoms with Crippen LogP contribution in [0.15, 0.2) is 67.5 Å². The fraction of sp³-hybridized carbons (Fsp3) is 0.631. The monoisotopic (exact) mass is 1620 g/mol. The van der Waals surface area contributed by atoms with E-state index in [1.807, 2.05) is 20.8 Å². The summed E-state index contributed by atoms with van der Waals surface area (Å²) >= 11 is 3.01. The summed E-state index contributed by atoms with van der Waals surface area (Å²) in [6.07, 6.45) is 24.3. The Morgan fingerprint density at radius 2 is 0.770 bits per heavy atom. The summed E-state index contributed by atoms with van der Waals surface area (Å²) in [5.41, 5.74) is 0. The molecule has 11 heterocycles. The van der Waals surface area contributed by atoms with Crippen LogP contribution in [0, 0.1) is 155 Å². The molecule has 3 aromatic heterocycles. The van der Waals surface area contributed by atoms with Crippen molar-refractivity contribution in [2.75, 3.05) is 131 Å². The van der Waals surface area contributed by atoms with Crippen molar-refractivity contribution in [3.63, 3.8) is 0 Å². The molecular weight excluding hydrogens is 1500 g/mol. The number of imide groups is 5. The number of hydrogen-bond donors (Lipinski definition) is 3. The molecular formula is C84H106BrN17O11. The first-order chi connectivity index (χ1) is 60.7. The molecule has 600 valence electrons. The number of carbonyl (C=O) groups is 11. The molecule has 8 unspecified atom stereocenters. The first-order valence-corrected chi connectivity index (χ1v) is 40.3. The van der Waals surface area contributed by atoms with E-state index in [9.17, 15) is 47.9 Å². The quantitative estimate of drug-likeness (QED) is 0.106. The van der Waals surface area contributed by atoms with Gasteiger partial charge in [-0.3, -0.25) is 83.1 Å². The van der Waals surface area contributed by atoms with Crippen LogP contribution in [0.2, 0.25) is 0 Å². The molecule has 17 fully saturated rings. The second kappa shape index (κ2) is 36.5. The molecule has 9 saturated carbocycles. The highest BCUT2D eigenvalue weighted by Crippen LogP contribution is 2.59. The fourth-order valence-corrected chi connectivity index (χ4v) is 20.2. The number of allylic oxidation sites excluding steroid dienone is 2. The first kappa shape index (κ1) is 64.1. The average Bonchev–Trinajstić information content (AvgIpc) is 1.55. The largest absolute Gasteiger partial charge is 0.338 e. The topological polar surface area (TPSA) is 327 Å². The minimum Gasteiger partial charge on any atom is -0.338 e. The Hall–Kier alpha value is -9.21. The fourth-order valence-electron chi connectivity index (χ4n) is 20.2. The molecule has 10 aliphatic carbocycles. The number of amides is 10. The number of aromatic nitrogens is 6. The summed E-state index contributed by atoms with van der Waals surface area (Å²) in [6.45, 7) is 3.84. The van der Waals surface area contributed by atoms with Crippen LogP contribution in [0.4, 0.5) is 17.8 Å². The molecule has 0 radical (unpaired) electrons. The van der Waals surface area contributed by atoms with Gasteiger partial charge in [0.2, 0.25) is 76.9 Å². The normalized spacial score (nSPS) is 41.3. The van der Waals surface area contributed by atoms with Gasteiger partial charge in [0, 0.05) is 137 Å². The van der Waals surface area contributed by atoms with E-state index in [-0.39, 0.29) is 169 Å². The van der Waals surface area contributed by atoms with Gasteiger partial charge in [-0.25, -0.2) is 29.9 Å². The molecule has 0 aromatic carbocycles. The van der Waals surface area contributed by atoms with E-state index in [1.54, 1.807) is 54.2 Å². The zero-order valence-corrected chi connectivity index (χ0v) is 64.2. The Balaban J connectivity index is 0.000000134. The van der Waals surface area contributed by atoms with Gasteiger partial charge in [0.05, 0.1) is 86.8 Å². The van der Waals surface area contributed by atoms with E-state index in [0.717, 1.165) is 54.8 Å². The third-order valence-corrected chi connectivity index (χ3v) is 25.6. The molecule has 28 nitrogen and oxygen atoms in total. The lowest BCUT2D eigenvalue weighted by Gasteiger charge is -2.34. The van der Waals surface area contributed by atoms with Crippen molar-refractivity contribution in [3.05, 3.63) is 67.5 Å². The van der Waals surface area contributed by atoms with Crippen molar-refractivity contribution in [1.29, 1.82) is 0 Å². The summed E-state index contributed by atoms with van der Waals surface area (Å²) < 4.78 is 109. The molecule has 3 N–H and O–H groups in total. The molecule has 0 spiro atoms. The van der Waals surface area contributed by atoms with Gasteiger partial charge in [0.1, 0.15) is 9.48 Å². The third-order valence-electron chi connectivity index (χ3n) is 25.2. The van der Waals surface area contributed by atoms with Crippen molar-refractivity contribution < 1.29 is 73.4 Å². The molecule has 10 amide bonds. The van der Waals surface area contributed by atoms with Crippen molar-refractivity contribution in [2.45, 2.75) is 96.1 Å². The Bertz CT molecular complexity index is 4660. The second-order valence-corrected chi connectivity index (χ2v) is 31.7. The van der Waals surface area contributed by atoms with Crippen molar-refractivity contribution in [3.8, 4) is 36.5 Å². The Morgan fingerprint density at radius 3 is 1.13 bits per heavy atom. The molecule has 29 heteroatoms. The number of nitrogens with one attached hydrogen (secondary N) is 3. The van der Waals surface area contributed by atoms with Gasteiger partial charge in [0.15, 0.2) is 0 Å². The van der Waals surface area contributed by atoms with Gasteiger partial charge in [-0.05, 0) is 180 Å². The maximum Gasteiger partial charge on any atom is 0.234 e. The minimum atomic E-state index is -1.89. The summed E-state index contributed by atoms with van der Waals surface area (Å²) in [7, 11) is 0. The van der Waals surface area contributed by atoms with Crippen LogP contribution in [-0.2, 0) is 52.7 Å². The van der Waals surface area contributed by atoms with E-state index >= 15 is 0 Å². The molecule has 28 atom stereocenters. The Kier molecular flexibility index (Phi) is 20.7. The van der Waals surface area contributed by atoms with Crippen molar-refractivity contribution in [1.82, 2.24) is 70.4 Å². The van der Waals surface area contributed by atoms with Gasteiger partial charge in [-0.15, -0.1) is 12.8 Å². The smallest absolute Gasteiger partial charge is 0.234 e. The van der Waals surface area contributed by atoms with Crippen LogP contribution < -0.4 is 30.7 Å². The molecule has 21 rings (SSSR count). The number of nitrogens with zero attached hydrogens (tertiary/aromatic N) is 14. The molecule has 10 bridgehead atoms. The predicted octanol–water partition coefficient (Wildman–Crippen LogP) is 4.04. The number of terminal acetylenes is 2. The summed E-state index contributed by atoms with van der Waals surface area (Å²) in [5.74, 6) is 6.43. The number of piperazine rings is 3. The van der Waals surface area contributed by atoms with Crippen LogP contribution in [0.1, 0.15) is 117 Å². The number of anilines is 3. The summed E-state index contributed by atoms with van der Waals surface area (Å²) in [6, 6.07) is 5.35. The molecule has 3 aromatic rings. The summed E-state index contributed by atoms with van der Waals surface area (Å²) in [5, 5.41) is 8.66. The van der Waals surface area contributed by atoms with Crippen LogP contribution in [0.3, 0.4) is 0 Å². The number of halogens is 1. The zero-order valence-electron chi connectivity index (χ0n) is 76.6. The highest BCUT2D eigenvalue weighted by atomic mass is 79.9. The van der Waals surface area contributed by atoms with Gasteiger partial charge in [-0.2, -0.15) is 0 Å². The van der Waals surface area contributed by atoms with Gasteiger partial charge in [0.25, 0.3) is 0 Å². The third kappa shape index (κ3) is 16.7. The van der Waals surface area contributed by atoms with E-state index in [0.29, 0.717) is 107 Å². The maximum absolute atomic E-state index is 12.9. The van der Waals surface area contributed by atoms with Crippen LogP contribution in [0.5, 0.6) is 0 Å². The van der Waals surface area contributed by atoms with Crippen molar-refractivity contribution >= 4 is 99.6 Å². The highest BCUT2D eigenvalue weighted by Gasteiger charge is 2.64.